The normalized spacial score (nSPS) is 12.7. The molecule has 0 aromatic heterocycles. The van der Waals surface area contributed by atoms with Gasteiger partial charge in [0.15, 0.2) is 6.61 Å². The van der Waals surface area contributed by atoms with Crippen molar-refractivity contribution in [1.82, 2.24) is 0 Å². The van der Waals surface area contributed by atoms with Gasteiger partial charge in [-0.05, 0) is 48.7 Å². The summed E-state index contributed by atoms with van der Waals surface area (Å²) in [4.78, 5) is 0. The zero-order valence-corrected chi connectivity index (χ0v) is 14.0. The van der Waals surface area contributed by atoms with Gasteiger partial charge in [-0.1, -0.05) is 24.3 Å². The molecule has 0 aliphatic carbocycles. The van der Waals surface area contributed by atoms with Crippen LogP contribution in [0.25, 0.3) is 0 Å². The van der Waals surface area contributed by atoms with Crippen molar-refractivity contribution in [2.24, 2.45) is 0 Å². The summed E-state index contributed by atoms with van der Waals surface area (Å²) in [7, 11) is 0. The van der Waals surface area contributed by atoms with Crippen LogP contribution < -0.4 is 9.47 Å². The molecule has 0 saturated heterocycles. The molecule has 25 heavy (non-hydrogen) atoms. The zero-order chi connectivity index (χ0) is 18.3. The van der Waals surface area contributed by atoms with Crippen molar-refractivity contribution in [1.29, 1.82) is 0 Å². The van der Waals surface area contributed by atoms with Gasteiger partial charge in [0.05, 0.1) is 6.10 Å². The molecule has 4 nitrogen and oxygen atoms in total. The molecule has 0 amide bonds. The van der Waals surface area contributed by atoms with E-state index in [4.69, 9.17) is 14.6 Å². The number of halogens is 2. The van der Waals surface area contributed by atoms with Crippen molar-refractivity contribution in [2.75, 3.05) is 19.8 Å². The Morgan fingerprint density at radius 3 is 1.84 bits per heavy atom. The third-order valence-corrected chi connectivity index (χ3v) is 3.43. The summed E-state index contributed by atoms with van der Waals surface area (Å²) in [6.07, 6.45) is 0.168. The van der Waals surface area contributed by atoms with Crippen LogP contribution in [-0.4, -0.2) is 42.1 Å². The highest BCUT2D eigenvalue weighted by molar-refractivity contribution is 5.34. The van der Waals surface area contributed by atoms with Crippen LogP contribution in [0, 0.1) is 0 Å². The maximum absolute atomic E-state index is 12.9. The molecule has 2 aromatic carbocycles. The highest BCUT2D eigenvalue weighted by atomic mass is 19.3. The second-order valence-corrected chi connectivity index (χ2v) is 5.93. The van der Waals surface area contributed by atoms with Crippen molar-refractivity contribution in [3.05, 3.63) is 59.7 Å². The van der Waals surface area contributed by atoms with Crippen LogP contribution in [0.5, 0.6) is 11.5 Å². The second kappa shape index (κ2) is 8.78. The van der Waals surface area contributed by atoms with Crippen molar-refractivity contribution in [3.8, 4) is 11.5 Å². The average Bonchev–Trinajstić information content (AvgIpc) is 2.60. The third-order valence-electron chi connectivity index (χ3n) is 3.43. The molecule has 136 valence electrons. The number of aliphatic hydroxyl groups is 2. The van der Waals surface area contributed by atoms with Crippen LogP contribution in [0.4, 0.5) is 8.78 Å². The monoisotopic (exact) mass is 352 g/mol. The van der Waals surface area contributed by atoms with Gasteiger partial charge in [0.1, 0.15) is 24.7 Å². The van der Waals surface area contributed by atoms with E-state index in [0.717, 1.165) is 11.1 Å². The molecule has 0 saturated carbocycles. The second-order valence-electron chi connectivity index (χ2n) is 5.93. The summed E-state index contributed by atoms with van der Waals surface area (Å²) in [6, 6.07) is 14.4. The first kappa shape index (κ1) is 19.1. The van der Waals surface area contributed by atoms with E-state index >= 15 is 0 Å². The van der Waals surface area contributed by atoms with Crippen LogP contribution in [0.15, 0.2) is 48.5 Å². The van der Waals surface area contributed by atoms with Crippen molar-refractivity contribution in [2.45, 2.75) is 25.4 Å². The summed E-state index contributed by atoms with van der Waals surface area (Å²) in [5.41, 5.74) is 2.09. The Bertz CT molecular complexity index is 639. The summed E-state index contributed by atoms with van der Waals surface area (Å²) in [5.74, 6) is -2.21. The molecule has 1 unspecified atom stereocenters. The van der Waals surface area contributed by atoms with Crippen LogP contribution in [0.3, 0.4) is 0 Å². The number of rotatable bonds is 9. The topological polar surface area (TPSA) is 58.9 Å². The maximum atomic E-state index is 12.9. The number of hydrogen-bond acceptors (Lipinski definition) is 4. The molecule has 0 bridgehead atoms. The SMILES string of the molecule is CC(O)COc1ccc(Cc2ccc(OCC(F)(F)CO)cc2)cc1. The molecule has 0 aliphatic rings. The molecular weight excluding hydrogens is 330 g/mol. The van der Waals surface area contributed by atoms with Crippen LogP contribution in [0.1, 0.15) is 18.1 Å². The number of hydrogen-bond donors (Lipinski definition) is 2. The Morgan fingerprint density at radius 2 is 1.40 bits per heavy atom. The Balaban J connectivity index is 1.88. The van der Waals surface area contributed by atoms with Gasteiger partial charge >= 0.3 is 5.92 Å². The first-order valence-corrected chi connectivity index (χ1v) is 7.98. The van der Waals surface area contributed by atoms with Crippen LogP contribution in [-0.2, 0) is 6.42 Å². The largest absolute Gasteiger partial charge is 0.491 e. The van der Waals surface area contributed by atoms with Crippen molar-refractivity contribution >= 4 is 0 Å². The molecule has 0 aliphatic heterocycles. The Labute approximate surface area is 145 Å². The van der Waals surface area contributed by atoms with Gasteiger partial charge in [0.25, 0.3) is 0 Å². The smallest absolute Gasteiger partial charge is 0.303 e. The summed E-state index contributed by atoms with van der Waals surface area (Å²) < 4.78 is 36.3. The van der Waals surface area contributed by atoms with E-state index in [9.17, 15) is 13.9 Å². The lowest BCUT2D eigenvalue weighted by molar-refractivity contribution is -0.0801. The van der Waals surface area contributed by atoms with Crippen molar-refractivity contribution in [3.63, 3.8) is 0 Å². The van der Waals surface area contributed by atoms with Gasteiger partial charge in [0.2, 0.25) is 0 Å². The lowest BCUT2D eigenvalue weighted by Crippen LogP contribution is -2.29. The van der Waals surface area contributed by atoms with Gasteiger partial charge in [-0.25, -0.2) is 8.78 Å². The van der Waals surface area contributed by atoms with Crippen molar-refractivity contribution < 1.29 is 28.5 Å². The minimum Gasteiger partial charge on any atom is -0.491 e. The third kappa shape index (κ3) is 6.68. The van der Waals surface area contributed by atoms with Gasteiger partial charge < -0.3 is 19.7 Å². The molecule has 1 atom stereocenters. The van der Waals surface area contributed by atoms with E-state index in [1.165, 1.54) is 0 Å². The molecule has 0 heterocycles. The first-order chi connectivity index (χ1) is 11.9. The maximum Gasteiger partial charge on any atom is 0.303 e. The van der Waals surface area contributed by atoms with Crippen LogP contribution >= 0.6 is 0 Å². The van der Waals surface area contributed by atoms with Crippen LogP contribution in [0.2, 0.25) is 0 Å². The number of aliphatic hydroxyl groups excluding tert-OH is 2. The number of ether oxygens (including phenoxy) is 2. The van der Waals surface area contributed by atoms with E-state index < -0.39 is 25.2 Å². The van der Waals surface area contributed by atoms with Gasteiger partial charge in [-0.3, -0.25) is 0 Å². The molecular formula is C19H22F2O4. The van der Waals surface area contributed by atoms with E-state index in [-0.39, 0.29) is 6.61 Å². The Hall–Kier alpha value is -2.18. The standard InChI is InChI=1S/C19H22F2O4/c1-14(23)11-24-17-6-2-15(3-7-17)10-16-4-8-18(9-5-16)25-13-19(20,21)12-22/h2-9,14,22-23H,10-13H2,1H3. The fraction of sp³-hybridized carbons (Fsp3) is 0.368. The highest BCUT2D eigenvalue weighted by Gasteiger charge is 2.28. The predicted molar refractivity (Wildman–Crippen MR) is 90.4 cm³/mol. The van der Waals surface area contributed by atoms with E-state index in [1.54, 1.807) is 19.1 Å². The molecule has 0 radical (unpaired) electrons. The fourth-order valence-electron chi connectivity index (χ4n) is 2.09. The molecule has 0 spiro atoms. The molecule has 2 N–H and O–H groups in total. The Kier molecular flexibility index (Phi) is 6.73. The minimum absolute atomic E-state index is 0.246. The molecule has 0 fully saturated rings. The van der Waals surface area contributed by atoms with E-state index in [2.05, 4.69) is 0 Å². The van der Waals surface area contributed by atoms with E-state index in [1.807, 2.05) is 36.4 Å². The number of alkyl halides is 2. The molecule has 2 aromatic rings. The van der Waals surface area contributed by atoms with Gasteiger partial charge in [-0.2, -0.15) is 0 Å². The Morgan fingerprint density at radius 1 is 0.920 bits per heavy atom. The minimum atomic E-state index is -3.24. The molecule has 2 rings (SSSR count). The van der Waals surface area contributed by atoms with Gasteiger partial charge in [-0.15, -0.1) is 0 Å². The highest BCUT2D eigenvalue weighted by Crippen LogP contribution is 2.20. The first-order valence-electron chi connectivity index (χ1n) is 7.98. The quantitative estimate of drug-likeness (QED) is 0.728. The number of benzene rings is 2. The predicted octanol–water partition coefficient (Wildman–Crippen LogP) is 3.04. The summed E-state index contributed by atoms with van der Waals surface area (Å²) >= 11 is 0. The lowest BCUT2D eigenvalue weighted by atomic mass is 10.0. The zero-order valence-electron chi connectivity index (χ0n) is 14.0. The fourth-order valence-corrected chi connectivity index (χ4v) is 2.09. The molecule has 6 heteroatoms. The lowest BCUT2D eigenvalue weighted by Gasteiger charge is -2.14. The van der Waals surface area contributed by atoms with E-state index in [0.29, 0.717) is 17.9 Å². The summed E-state index contributed by atoms with van der Waals surface area (Å²) in [5, 5.41) is 17.7. The average molecular weight is 352 g/mol. The van der Waals surface area contributed by atoms with Gasteiger partial charge in [0, 0.05) is 0 Å². The summed E-state index contributed by atoms with van der Waals surface area (Å²) in [6.45, 7) is -0.179.